The number of nitrogens with zero attached hydrogens (tertiary/aromatic N) is 4. The second-order valence-corrected chi connectivity index (χ2v) is 6.82. The first-order chi connectivity index (χ1) is 13.7. The summed E-state index contributed by atoms with van der Waals surface area (Å²) in [4.78, 5) is 28.2. The number of methoxy groups -OCH3 is 1. The summed E-state index contributed by atoms with van der Waals surface area (Å²) in [6.45, 7) is 2.79. The van der Waals surface area contributed by atoms with Crippen LogP contribution in [0.5, 0.6) is 5.75 Å². The van der Waals surface area contributed by atoms with E-state index in [9.17, 15) is 9.90 Å². The van der Waals surface area contributed by atoms with Crippen LogP contribution in [0.15, 0.2) is 42.9 Å². The van der Waals surface area contributed by atoms with Gasteiger partial charge < -0.3 is 19.7 Å². The highest BCUT2D eigenvalue weighted by molar-refractivity contribution is 5.90. The smallest absolute Gasteiger partial charge is 0.325 e. The zero-order valence-electron chi connectivity index (χ0n) is 15.7. The molecule has 1 aliphatic heterocycles. The largest absolute Gasteiger partial charge is 0.497 e. The van der Waals surface area contributed by atoms with E-state index in [0.29, 0.717) is 31.3 Å². The van der Waals surface area contributed by atoms with Crippen molar-refractivity contribution in [3.63, 3.8) is 0 Å². The molecule has 1 fully saturated rings. The molecule has 8 heteroatoms. The number of hydrogen-bond donors (Lipinski definition) is 2. The molecular formula is C20H23N5O3. The molecule has 0 amide bonds. The zero-order valence-corrected chi connectivity index (χ0v) is 15.7. The van der Waals surface area contributed by atoms with Crippen molar-refractivity contribution in [3.8, 4) is 5.75 Å². The number of anilines is 1. The number of aliphatic carboxylic acids is 1. The molecule has 1 atom stereocenters. The van der Waals surface area contributed by atoms with Gasteiger partial charge in [-0.3, -0.25) is 9.69 Å². The first kappa shape index (κ1) is 18.2. The van der Waals surface area contributed by atoms with E-state index < -0.39 is 12.0 Å². The number of aromatic nitrogens is 3. The maximum Gasteiger partial charge on any atom is 0.325 e. The minimum absolute atomic E-state index is 0.617. The number of nitrogens with one attached hydrogen (secondary N) is 1. The highest BCUT2D eigenvalue weighted by atomic mass is 16.5. The normalized spacial score (nSPS) is 16.7. The Morgan fingerprint density at radius 1 is 1.21 bits per heavy atom. The molecule has 1 aliphatic rings. The summed E-state index contributed by atoms with van der Waals surface area (Å²) in [5, 5.41) is 10.9. The lowest BCUT2D eigenvalue weighted by molar-refractivity contribution is -0.143. The van der Waals surface area contributed by atoms with Gasteiger partial charge in [-0.05, 0) is 30.7 Å². The molecule has 1 aromatic carbocycles. The predicted octanol–water partition coefficient (Wildman–Crippen LogP) is 2.30. The van der Waals surface area contributed by atoms with Crippen LogP contribution in [0, 0.1) is 0 Å². The van der Waals surface area contributed by atoms with Crippen molar-refractivity contribution in [1.29, 1.82) is 0 Å². The molecule has 4 rings (SSSR count). The Morgan fingerprint density at radius 3 is 2.79 bits per heavy atom. The molecule has 28 heavy (non-hydrogen) atoms. The van der Waals surface area contributed by atoms with Gasteiger partial charge >= 0.3 is 5.97 Å². The van der Waals surface area contributed by atoms with E-state index in [-0.39, 0.29) is 0 Å². The van der Waals surface area contributed by atoms with Gasteiger partial charge in [0.2, 0.25) is 5.95 Å². The Morgan fingerprint density at radius 2 is 2.04 bits per heavy atom. The van der Waals surface area contributed by atoms with Gasteiger partial charge in [0.25, 0.3) is 0 Å². The molecule has 8 nitrogen and oxygen atoms in total. The van der Waals surface area contributed by atoms with Crippen LogP contribution in [0.3, 0.4) is 0 Å². The van der Waals surface area contributed by atoms with Gasteiger partial charge in [-0.25, -0.2) is 9.97 Å². The first-order valence-electron chi connectivity index (χ1n) is 9.31. The Balaban J connectivity index is 1.61. The highest BCUT2D eigenvalue weighted by Gasteiger charge is 2.31. The molecular weight excluding hydrogens is 358 g/mol. The zero-order chi connectivity index (χ0) is 19.5. The van der Waals surface area contributed by atoms with Gasteiger partial charge in [-0.1, -0.05) is 0 Å². The lowest BCUT2D eigenvalue weighted by Crippen LogP contribution is -2.37. The summed E-state index contributed by atoms with van der Waals surface area (Å²) < 4.78 is 5.32. The maximum atomic E-state index is 12.2. The number of aromatic amines is 1. The number of carboxylic acids is 1. The monoisotopic (exact) mass is 381 g/mol. The Bertz CT molecular complexity index is 959. The van der Waals surface area contributed by atoms with E-state index in [1.807, 2.05) is 23.1 Å². The van der Waals surface area contributed by atoms with Crippen molar-refractivity contribution in [3.05, 3.63) is 48.4 Å². The minimum Gasteiger partial charge on any atom is -0.497 e. The van der Waals surface area contributed by atoms with Crippen molar-refractivity contribution < 1.29 is 14.6 Å². The molecule has 3 heterocycles. The van der Waals surface area contributed by atoms with Gasteiger partial charge in [-0.2, -0.15) is 0 Å². The Kier molecular flexibility index (Phi) is 5.12. The summed E-state index contributed by atoms with van der Waals surface area (Å²) in [7, 11) is 1.61. The third-order valence-corrected chi connectivity index (χ3v) is 5.18. The molecule has 3 aromatic rings. The van der Waals surface area contributed by atoms with Crippen LogP contribution in [-0.4, -0.2) is 64.2 Å². The van der Waals surface area contributed by atoms with E-state index in [1.54, 1.807) is 31.8 Å². The van der Waals surface area contributed by atoms with E-state index in [0.717, 1.165) is 29.4 Å². The number of benzene rings is 1. The summed E-state index contributed by atoms with van der Waals surface area (Å²) in [5.74, 6) is 0.543. The van der Waals surface area contributed by atoms with E-state index in [4.69, 9.17) is 4.74 Å². The lowest BCUT2D eigenvalue weighted by atomic mass is 10.0. The predicted molar refractivity (Wildman–Crippen MR) is 106 cm³/mol. The van der Waals surface area contributed by atoms with Gasteiger partial charge in [0.1, 0.15) is 11.8 Å². The molecule has 2 N–H and O–H groups in total. The van der Waals surface area contributed by atoms with Crippen molar-refractivity contribution in [2.24, 2.45) is 0 Å². The van der Waals surface area contributed by atoms with E-state index in [1.165, 1.54) is 0 Å². The molecule has 0 saturated carbocycles. The topological polar surface area (TPSA) is 94.6 Å². The molecule has 1 unspecified atom stereocenters. The second kappa shape index (κ2) is 7.85. The fourth-order valence-electron chi connectivity index (χ4n) is 3.81. The first-order valence-corrected chi connectivity index (χ1v) is 9.31. The quantitative estimate of drug-likeness (QED) is 0.700. The molecule has 2 aromatic heterocycles. The SMILES string of the molecule is COc1ccc2[nH]cc(C(C(=O)O)N3CCCN(c4ncccn4)CC3)c2c1. The summed E-state index contributed by atoms with van der Waals surface area (Å²) >= 11 is 0. The van der Waals surface area contributed by atoms with Crippen molar-refractivity contribution in [2.45, 2.75) is 12.5 Å². The summed E-state index contributed by atoms with van der Waals surface area (Å²) in [6.07, 6.45) is 6.09. The number of hydrogen-bond acceptors (Lipinski definition) is 6. The van der Waals surface area contributed by atoms with Gasteiger partial charge in [-0.15, -0.1) is 0 Å². The molecule has 1 saturated heterocycles. The third kappa shape index (κ3) is 3.50. The summed E-state index contributed by atoms with van der Waals surface area (Å²) in [5.41, 5.74) is 1.65. The fraction of sp³-hybridized carbons (Fsp3) is 0.350. The van der Waals surface area contributed by atoms with Crippen LogP contribution in [0.25, 0.3) is 10.9 Å². The van der Waals surface area contributed by atoms with Crippen LogP contribution in [0.1, 0.15) is 18.0 Å². The number of carboxylic acid groups (broad SMARTS) is 1. The number of fused-ring (bicyclic) bond motifs is 1. The number of ether oxygens (including phenoxy) is 1. The molecule has 0 bridgehead atoms. The molecule has 0 spiro atoms. The molecule has 0 aliphatic carbocycles. The van der Waals surface area contributed by atoms with Gasteiger partial charge in [0.05, 0.1) is 7.11 Å². The molecule has 0 radical (unpaired) electrons. The molecule has 146 valence electrons. The average molecular weight is 381 g/mol. The minimum atomic E-state index is -0.854. The average Bonchev–Trinajstić information content (AvgIpc) is 2.97. The number of carbonyl (C=O) groups is 1. The van der Waals surface area contributed by atoms with Crippen LogP contribution in [-0.2, 0) is 4.79 Å². The Hall–Kier alpha value is -3.13. The van der Waals surface area contributed by atoms with Gasteiger partial charge in [0.15, 0.2) is 0 Å². The van der Waals surface area contributed by atoms with Crippen LogP contribution < -0.4 is 9.64 Å². The number of rotatable bonds is 5. The van der Waals surface area contributed by atoms with Crippen molar-refractivity contribution in [2.75, 3.05) is 38.2 Å². The standard InChI is InChI=1S/C20H23N5O3/c1-28-14-4-5-17-15(12-14)16(13-23-17)18(19(26)27)24-8-3-9-25(11-10-24)20-21-6-2-7-22-20/h2,4-7,12-13,18,23H,3,8-11H2,1H3,(H,26,27). The van der Waals surface area contributed by atoms with Crippen LogP contribution >= 0.6 is 0 Å². The second-order valence-electron chi connectivity index (χ2n) is 6.82. The van der Waals surface area contributed by atoms with Crippen LogP contribution in [0.2, 0.25) is 0 Å². The number of H-pyrrole nitrogens is 1. The summed E-state index contributed by atoms with van der Waals surface area (Å²) in [6, 6.07) is 6.73. The van der Waals surface area contributed by atoms with E-state index >= 15 is 0 Å². The highest BCUT2D eigenvalue weighted by Crippen LogP contribution is 2.32. The van der Waals surface area contributed by atoms with Crippen molar-refractivity contribution in [1.82, 2.24) is 19.9 Å². The van der Waals surface area contributed by atoms with Gasteiger partial charge in [0, 0.05) is 61.2 Å². The van der Waals surface area contributed by atoms with Crippen molar-refractivity contribution >= 4 is 22.8 Å². The van der Waals surface area contributed by atoms with E-state index in [2.05, 4.69) is 19.9 Å². The third-order valence-electron chi connectivity index (χ3n) is 5.18. The van der Waals surface area contributed by atoms with Crippen LogP contribution in [0.4, 0.5) is 5.95 Å². The Labute approximate surface area is 162 Å². The lowest BCUT2D eigenvalue weighted by Gasteiger charge is -2.27. The maximum absolute atomic E-state index is 12.2. The fourth-order valence-corrected chi connectivity index (χ4v) is 3.81.